The van der Waals surface area contributed by atoms with Crippen molar-refractivity contribution in [2.24, 2.45) is 5.41 Å². The second-order valence-corrected chi connectivity index (χ2v) is 7.17. The summed E-state index contributed by atoms with van der Waals surface area (Å²) in [5.41, 5.74) is 1.21. The summed E-state index contributed by atoms with van der Waals surface area (Å²) in [6, 6.07) is 0. The van der Waals surface area contributed by atoms with E-state index >= 15 is 0 Å². The maximum absolute atomic E-state index is 10.2. The molecule has 0 atom stereocenters. The summed E-state index contributed by atoms with van der Waals surface area (Å²) < 4.78 is -0.0668. The fourth-order valence-electron chi connectivity index (χ4n) is 0.950. The molecule has 0 fully saturated rings. The van der Waals surface area contributed by atoms with Gasteiger partial charge < -0.3 is 0 Å². The molecule has 0 saturated carbocycles. The van der Waals surface area contributed by atoms with Crippen LogP contribution in [0, 0.1) is 5.41 Å². The topological polar surface area (TPSA) is 17.1 Å². The highest BCUT2D eigenvalue weighted by atomic mass is 32.2. The predicted molar refractivity (Wildman–Crippen MR) is 70.0 cm³/mol. The Morgan fingerprint density at radius 3 is 2.27 bits per heavy atom. The van der Waals surface area contributed by atoms with E-state index in [2.05, 4.69) is 41.2 Å². The molecule has 0 bridgehead atoms. The summed E-state index contributed by atoms with van der Waals surface area (Å²) in [7, 11) is 0. The van der Waals surface area contributed by atoms with Crippen LogP contribution in [0.3, 0.4) is 0 Å². The number of thioether (sulfide) groups is 1. The van der Waals surface area contributed by atoms with E-state index in [1.54, 1.807) is 5.94 Å². The van der Waals surface area contributed by atoms with Crippen molar-refractivity contribution in [3.63, 3.8) is 0 Å². The van der Waals surface area contributed by atoms with Crippen molar-refractivity contribution in [3.05, 3.63) is 18.2 Å². The molecule has 0 unspecified atom stereocenters. The number of carbonyl (C=O) groups excluding carboxylic acids is 1. The van der Waals surface area contributed by atoms with Crippen LogP contribution >= 0.6 is 11.8 Å². The van der Waals surface area contributed by atoms with Crippen molar-refractivity contribution in [1.82, 2.24) is 0 Å². The molecule has 0 aromatic heterocycles. The van der Waals surface area contributed by atoms with E-state index in [1.807, 2.05) is 11.8 Å². The Hall–Kier alpha value is -0.460. The van der Waals surface area contributed by atoms with Gasteiger partial charge in [0.15, 0.2) is 0 Å². The van der Waals surface area contributed by atoms with Crippen LogP contribution in [-0.4, -0.2) is 16.4 Å². The monoisotopic (exact) mass is 226 g/mol. The summed E-state index contributed by atoms with van der Waals surface area (Å²) in [6.45, 7) is 14.8. The highest BCUT2D eigenvalue weighted by Gasteiger charge is 2.22. The maximum Gasteiger partial charge on any atom is 0.124 e. The normalized spacial score (nSPS) is 12.1. The molecular formula is C13H22OS. The molecule has 1 nitrogen and oxygen atoms in total. The Kier molecular flexibility index (Phi) is 5.41. The van der Waals surface area contributed by atoms with Crippen LogP contribution in [0.5, 0.6) is 0 Å². The Morgan fingerprint density at radius 2 is 1.87 bits per heavy atom. The third kappa shape index (κ3) is 6.59. The highest BCUT2D eigenvalue weighted by molar-refractivity contribution is 8.00. The fourth-order valence-corrected chi connectivity index (χ4v) is 2.42. The smallest absolute Gasteiger partial charge is 0.124 e. The van der Waals surface area contributed by atoms with E-state index < -0.39 is 0 Å². The van der Waals surface area contributed by atoms with Gasteiger partial charge in [0.2, 0.25) is 0 Å². The largest absolute Gasteiger partial charge is 0.233 e. The molecule has 0 radical (unpaired) electrons. The highest BCUT2D eigenvalue weighted by Crippen LogP contribution is 2.34. The zero-order chi connectivity index (χ0) is 12.1. The van der Waals surface area contributed by atoms with Crippen LogP contribution in [0.25, 0.3) is 0 Å². The van der Waals surface area contributed by atoms with Crippen molar-refractivity contribution < 1.29 is 4.79 Å². The van der Waals surface area contributed by atoms with Gasteiger partial charge in [-0.1, -0.05) is 27.4 Å². The fraction of sp³-hybridized carbons (Fsp3) is 0.692. The molecule has 0 amide bonds. The minimum Gasteiger partial charge on any atom is -0.233 e. The van der Waals surface area contributed by atoms with Gasteiger partial charge >= 0.3 is 0 Å². The molecule has 0 N–H and O–H groups in total. The molecule has 0 aliphatic heterocycles. The van der Waals surface area contributed by atoms with E-state index in [0.717, 1.165) is 11.3 Å². The molecule has 0 aromatic rings. The van der Waals surface area contributed by atoms with Crippen LogP contribution in [0.1, 0.15) is 41.0 Å². The maximum atomic E-state index is 10.2. The van der Waals surface area contributed by atoms with Gasteiger partial charge in [0.25, 0.3) is 0 Å². The molecule has 0 aliphatic rings. The van der Waals surface area contributed by atoms with Crippen molar-refractivity contribution in [3.8, 4) is 0 Å². The first kappa shape index (κ1) is 14.5. The SMILES string of the molecule is C=C(C=C=O)C(C)(C)SCCC(C)(C)C. The third-order valence-electron chi connectivity index (χ3n) is 2.32. The van der Waals surface area contributed by atoms with Gasteiger partial charge in [-0.15, -0.1) is 0 Å². The molecule has 2 heteroatoms. The first-order valence-electron chi connectivity index (χ1n) is 5.23. The summed E-state index contributed by atoms with van der Waals surface area (Å²) in [6.07, 6.45) is 2.60. The predicted octanol–water partition coefficient (Wildman–Crippen LogP) is 3.88. The van der Waals surface area contributed by atoms with Crippen LogP contribution in [0.2, 0.25) is 0 Å². The summed E-state index contributed by atoms with van der Waals surface area (Å²) in [4.78, 5) is 10.2. The van der Waals surface area contributed by atoms with Crippen molar-refractivity contribution >= 4 is 17.7 Å². The van der Waals surface area contributed by atoms with Gasteiger partial charge in [-0.3, -0.25) is 0 Å². The van der Waals surface area contributed by atoms with Gasteiger partial charge in [-0.25, -0.2) is 4.79 Å². The van der Waals surface area contributed by atoms with Gasteiger partial charge in [0, 0.05) is 10.8 Å². The Bertz CT molecular complexity index is 265. The van der Waals surface area contributed by atoms with E-state index in [4.69, 9.17) is 0 Å². The van der Waals surface area contributed by atoms with Crippen molar-refractivity contribution in [1.29, 1.82) is 0 Å². The Morgan fingerprint density at radius 1 is 1.33 bits per heavy atom. The summed E-state index contributed by atoms with van der Waals surface area (Å²) >= 11 is 1.84. The lowest BCUT2D eigenvalue weighted by Gasteiger charge is -2.26. The number of hydrogen-bond donors (Lipinski definition) is 0. The van der Waals surface area contributed by atoms with E-state index in [0.29, 0.717) is 5.41 Å². The molecule has 0 rings (SSSR count). The second-order valence-electron chi connectivity index (χ2n) is 5.46. The van der Waals surface area contributed by atoms with Gasteiger partial charge in [0.05, 0.1) is 0 Å². The van der Waals surface area contributed by atoms with Crippen molar-refractivity contribution in [2.75, 3.05) is 5.75 Å². The zero-order valence-corrected chi connectivity index (χ0v) is 11.3. The standard InChI is InChI=1S/C13H22OS/c1-11(7-9-14)13(5,6)15-10-8-12(2,3)4/h7H,1,8,10H2,2-6H3. The molecule has 0 heterocycles. The van der Waals surface area contributed by atoms with Gasteiger partial charge in [-0.2, -0.15) is 11.8 Å². The lowest BCUT2D eigenvalue weighted by molar-refractivity contribution is 0.401. The van der Waals surface area contributed by atoms with Crippen LogP contribution in [0.4, 0.5) is 0 Å². The van der Waals surface area contributed by atoms with Crippen LogP contribution in [0.15, 0.2) is 18.2 Å². The van der Waals surface area contributed by atoms with Gasteiger partial charge in [-0.05, 0) is 37.0 Å². The van der Waals surface area contributed by atoms with Gasteiger partial charge in [0.1, 0.15) is 5.94 Å². The molecule has 0 spiro atoms. The molecule has 0 aliphatic carbocycles. The lowest BCUT2D eigenvalue weighted by Crippen LogP contribution is -2.18. The van der Waals surface area contributed by atoms with Crippen molar-refractivity contribution in [2.45, 2.75) is 45.8 Å². The summed E-state index contributed by atoms with van der Waals surface area (Å²) in [5, 5.41) is 0. The quantitative estimate of drug-likeness (QED) is 0.523. The molecule has 15 heavy (non-hydrogen) atoms. The molecule has 0 aromatic carbocycles. The van der Waals surface area contributed by atoms with Crippen LogP contribution < -0.4 is 0 Å². The molecule has 0 saturated heterocycles. The minimum atomic E-state index is -0.0668. The second kappa shape index (κ2) is 5.58. The van der Waals surface area contributed by atoms with E-state index in [1.165, 1.54) is 12.5 Å². The number of allylic oxidation sites excluding steroid dienone is 1. The summed E-state index contributed by atoms with van der Waals surface area (Å²) in [5.74, 6) is 2.88. The van der Waals surface area contributed by atoms with E-state index in [-0.39, 0.29) is 4.75 Å². The van der Waals surface area contributed by atoms with Crippen LogP contribution in [-0.2, 0) is 4.79 Å². The number of rotatable bonds is 5. The minimum absolute atomic E-state index is 0.0668. The lowest BCUT2D eigenvalue weighted by atomic mass is 9.94. The first-order chi connectivity index (χ1) is 6.69. The van der Waals surface area contributed by atoms with E-state index in [9.17, 15) is 4.79 Å². The third-order valence-corrected chi connectivity index (χ3v) is 3.71. The number of hydrogen-bond acceptors (Lipinski definition) is 2. The first-order valence-corrected chi connectivity index (χ1v) is 6.22. The Balaban J connectivity index is 4.16. The zero-order valence-electron chi connectivity index (χ0n) is 10.5. The Labute approximate surface area is 98.0 Å². The average molecular weight is 226 g/mol. The molecular weight excluding hydrogens is 204 g/mol. The molecule has 86 valence electrons. The average Bonchev–Trinajstić information content (AvgIpc) is 2.01.